The van der Waals surface area contributed by atoms with Crippen LogP contribution in [0.2, 0.25) is 5.02 Å². The van der Waals surface area contributed by atoms with Crippen molar-refractivity contribution in [3.05, 3.63) is 95.0 Å². The quantitative estimate of drug-likeness (QED) is 0.687. The molecular weight excluding hydrogens is 348 g/mol. The monoisotopic (exact) mass is 364 g/mol. The molecule has 130 valence electrons. The van der Waals surface area contributed by atoms with E-state index in [1.807, 2.05) is 42.5 Å². The number of amides is 2. The lowest BCUT2D eigenvalue weighted by Crippen LogP contribution is -2.42. The number of benzene rings is 3. The van der Waals surface area contributed by atoms with E-state index < -0.39 is 0 Å². The van der Waals surface area contributed by atoms with Gasteiger partial charge in [0.15, 0.2) is 0 Å². The first-order valence-electron chi connectivity index (χ1n) is 8.11. The summed E-state index contributed by atoms with van der Waals surface area (Å²) in [5.41, 5.74) is 8.23. The van der Waals surface area contributed by atoms with Crippen molar-refractivity contribution in [3.63, 3.8) is 0 Å². The molecule has 0 aliphatic carbocycles. The average molecular weight is 365 g/mol. The van der Waals surface area contributed by atoms with Gasteiger partial charge in [-0.15, -0.1) is 0 Å². The van der Waals surface area contributed by atoms with Crippen molar-refractivity contribution in [3.8, 4) is 11.1 Å². The number of hydrazine groups is 1. The molecule has 0 radical (unpaired) electrons. The molecule has 0 aromatic heterocycles. The molecule has 26 heavy (non-hydrogen) atoms. The van der Waals surface area contributed by atoms with E-state index in [1.54, 1.807) is 36.4 Å². The summed E-state index contributed by atoms with van der Waals surface area (Å²) in [5.74, 6) is -0.671. The van der Waals surface area contributed by atoms with Crippen molar-refractivity contribution in [1.29, 1.82) is 0 Å². The second kappa shape index (κ2) is 8.32. The first-order chi connectivity index (χ1) is 12.6. The van der Waals surface area contributed by atoms with Gasteiger partial charge in [-0.3, -0.25) is 20.4 Å². The highest BCUT2D eigenvalue weighted by Gasteiger charge is 2.08. The van der Waals surface area contributed by atoms with Crippen molar-refractivity contribution < 1.29 is 9.59 Å². The minimum Gasteiger partial charge on any atom is -0.273 e. The summed E-state index contributed by atoms with van der Waals surface area (Å²) in [6, 6.07) is 24.1. The van der Waals surface area contributed by atoms with Crippen LogP contribution in [-0.2, 0) is 11.2 Å². The van der Waals surface area contributed by atoms with Crippen molar-refractivity contribution in [2.45, 2.75) is 6.42 Å². The molecule has 0 unspecified atom stereocenters. The number of rotatable bonds is 4. The molecule has 0 heterocycles. The Morgan fingerprint density at radius 2 is 1.35 bits per heavy atom. The molecule has 5 heteroatoms. The van der Waals surface area contributed by atoms with Gasteiger partial charge in [0.1, 0.15) is 0 Å². The van der Waals surface area contributed by atoms with Gasteiger partial charge >= 0.3 is 0 Å². The van der Waals surface area contributed by atoms with E-state index in [9.17, 15) is 9.59 Å². The minimum atomic E-state index is -0.367. The van der Waals surface area contributed by atoms with Crippen LogP contribution in [0.5, 0.6) is 0 Å². The first-order valence-corrected chi connectivity index (χ1v) is 8.49. The van der Waals surface area contributed by atoms with Crippen LogP contribution in [0.3, 0.4) is 0 Å². The lowest BCUT2D eigenvalue weighted by Gasteiger charge is -2.08. The zero-order valence-electron chi connectivity index (χ0n) is 13.9. The summed E-state index contributed by atoms with van der Waals surface area (Å²) in [6.07, 6.45) is 0.157. The summed E-state index contributed by atoms with van der Waals surface area (Å²) >= 11 is 5.81. The maximum atomic E-state index is 12.2. The van der Waals surface area contributed by atoms with Crippen LogP contribution in [0.15, 0.2) is 78.9 Å². The number of halogens is 1. The molecular formula is C21H17ClN2O2. The van der Waals surface area contributed by atoms with Gasteiger partial charge in [0.2, 0.25) is 5.91 Å². The third-order valence-corrected chi connectivity index (χ3v) is 4.10. The predicted octanol–water partition coefficient (Wildman–Crippen LogP) is 4.01. The van der Waals surface area contributed by atoms with Crippen molar-refractivity contribution in [2.24, 2.45) is 0 Å². The molecule has 0 saturated heterocycles. The lowest BCUT2D eigenvalue weighted by atomic mass is 10.0. The van der Waals surface area contributed by atoms with Crippen molar-refractivity contribution in [2.75, 3.05) is 0 Å². The van der Waals surface area contributed by atoms with E-state index >= 15 is 0 Å². The fourth-order valence-electron chi connectivity index (χ4n) is 2.48. The summed E-state index contributed by atoms with van der Waals surface area (Å²) in [5, 5.41) is 0.612. The molecule has 2 N–H and O–H groups in total. The second-order valence-electron chi connectivity index (χ2n) is 5.75. The van der Waals surface area contributed by atoms with Crippen molar-refractivity contribution >= 4 is 23.4 Å². The van der Waals surface area contributed by atoms with Crippen LogP contribution in [-0.4, -0.2) is 11.8 Å². The molecule has 3 aromatic rings. The van der Waals surface area contributed by atoms with E-state index in [-0.39, 0.29) is 18.2 Å². The van der Waals surface area contributed by atoms with Gasteiger partial charge in [-0.25, -0.2) is 0 Å². The number of nitrogens with one attached hydrogen (secondary N) is 2. The van der Waals surface area contributed by atoms with Gasteiger partial charge in [0.25, 0.3) is 5.91 Å². The van der Waals surface area contributed by atoms with Crippen LogP contribution < -0.4 is 10.9 Å². The highest BCUT2D eigenvalue weighted by atomic mass is 35.5. The number of hydrogen-bond donors (Lipinski definition) is 2. The van der Waals surface area contributed by atoms with Crippen LogP contribution in [0, 0.1) is 0 Å². The van der Waals surface area contributed by atoms with Gasteiger partial charge in [0.05, 0.1) is 6.42 Å². The standard InChI is InChI=1S/C21H17ClN2O2/c22-19-12-6-15(7-13-19)14-20(25)23-24-21(26)18-10-8-17(9-11-18)16-4-2-1-3-5-16/h1-13H,14H2,(H,23,25)(H,24,26). The second-order valence-corrected chi connectivity index (χ2v) is 6.19. The molecule has 3 aromatic carbocycles. The minimum absolute atomic E-state index is 0.157. The third-order valence-electron chi connectivity index (χ3n) is 3.85. The Balaban J connectivity index is 1.54. The van der Waals surface area contributed by atoms with E-state index in [4.69, 9.17) is 11.6 Å². The Morgan fingerprint density at radius 3 is 2.00 bits per heavy atom. The molecule has 0 saturated carbocycles. The van der Waals surface area contributed by atoms with Gasteiger partial charge in [-0.2, -0.15) is 0 Å². The Hall–Kier alpha value is -3.11. The van der Waals surface area contributed by atoms with Crippen LogP contribution in [0.25, 0.3) is 11.1 Å². The molecule has 0 spiro atoms. The van der Waals surface area contributed by atoms with E-state index in [0.29, 0.717) is 10.6 Å². The number of carbonyl (C=O) groups excluding carboxylic acids is 2. The summed E-state index contributed by atoms with van der Waals surface area (Å²) < 4.78 is 0. The number of carbonyl (C=O) groups is 2. The fourth-order valence-corrected chi connectivity index (χ4v) is 2.60. The SMILES string of the molecule is O=C(Cc1ccc(Cl)cc1)NNC(=O)c1ccc(-c2ccccc2)cc1. The van der Waals surface area contributed by atoms with E-state index in [1.165, 1.54) is 0 Å². The fraction of sp³-hybridized carbons (Fsp3) is 0.0476. The molecule has 4 nitrogen and oxygen atoms in total. The molecule has 2 amide bonds. The average Bonchev–Trinajstić information content (AvgIpc) is 2.69. The van der Waals surface area contributed by atoms with Crippen molar-refractivity contribution in [1.82, 2.24) is 10.9 Å². The summed E-state index contributed by atoms with van der Waals surface area (Å²) in [7, 11) is 0. The predicted molar refractivity (Wildman–Crippen MR) is 103 cm³/mol. The molecule has 0 aliphatic rings. The van der Waals surface area contributed by atoms with Gasteiger partial charge in [0, 0.05) is 10.6 Å². The zero-order chi connectivity index (χ0) is 18.4. The lowest BCUT2D eigenvalue weighted by molar-refractivity contribution is -0.121. The summed E-state index contributed by atoms with van der Waals surface area (Å²) in [4.78, 5) is 24.1. The number of hydrogen-bond acceptors (Lipinski definition) is 2. The molecule has 0 fully saturated rings. The topological polar surface area (TPSA) is 58.2 Å². The maximum Gasteiger partial charge on any atom is 0.269 e. The van der Waals surface area contributed by atoms with Gasteiger partial charge in [-0.1, -0.05) is 66.2 Å². The summed E-state index contributed by atoms with van der Waals surface area (Å²) in [6.45, 7) is 0. The van der Waals surface area contributed by atoms with Crippen LogP contribution in [0.4, 0.5) is 0 Å². The van der Waals surface area contributed by atoms with Crippen LogP contribution >= 0.6 is 11.6 Å². The molecule has 0 atom stereocenters. The first kappa shape index (κ1) is 17.7. The smallest absolute Gasteiger partial charge is 0.269 e. The zero-order valence-corrected chi connectivity index (χ0v) is 14.7. The third kappa shape index (κ3) is 4.71. The van der Waals surface area contributed by atoms with E-state index in [2.05, 4.69) is 10.9 Å². The highest BCUT2D eigenvalue weighted by Crippen LogP contribution is 2.19. The van der Waals surface area contributed by atoms with E-state index in [0.717, 1.165) is 16.7 Å². The highest BCUT2D eigenvalue weighted by molar-refractivity contribution is 6.30. The molecule has 0 aliphatic heterocycles. The normalized spacial score (nSPS) is 10.2. The van der Waals surface area contributed by atoms with Gasteiger partial charge in [-0.05, 0) is 41.0 Å². The maximum absolute atomic E-state index is 12.2. The van der Waals surface area contributed by atoms with Crippen LogP contribution in [0.1, 0.15) is 15.9 Å². The largest absolute Gasteiger partial charge is 0.273 e. The Kier molecular flexibility index (Phi) is 5.66. The Morgan fingerprint density at radius 1 is 0.731 bits per heavy atom. The van der Waals surface area contributed by atoms with Gasteiger partial charge < -0.3 is 0 Å². The Labute approximate surface area is 156 Å². The Bertz CT molecular complexity index is 892. The molecule has 0 bridgehead atoms. The molecule has 3 rings (SSSR count).